The third kappa shape index (κ3) is 8.70. The van der Waals surface area contributed by atoms with Crippen LogP contribution in [0.3, 0.4) is 0 Å². The van der Waals surface area contributed by atoms with Gasteiger partial charge in [0.15, 0.2) is 11.6 Å². The predicted octanol–water partition coefficient (Wildman–Crippen LogP) is 5.86. The molecule has 3 N–H and O–H groups in total. The Bertz CT molecular complexity index is 1870. The van der Waals surface area contributed by atoms with E-state index in [1.165, 1.54) is 36.4 Å². The highest BCUT2D eigenvalue weighted by Gasteiger charge is 2.22. The van der Waals surface area contributed by atoms with Crippen molar-refractivity contribution >= 4 is 81.7 Å². The minimum absolute atomic E-state index is 0. The minimum Gasteiger partial charge on any atom is -0.325 e. The maximum atomic E-state index is 13.2. The summed E-state index contributed by atoms with van der Waals surface area (Å²) in [5, 5.41) is 30.6. The van der Waals surface area contributed by atoms with Gasteiger partial charge in [-0.25, -0.2) is 0 Å². The average Bonchev–Trinajstić information content (AvgIpc) is 3.00. The predicted molar refractivity (Wildman–Crippen MR) is 173 cm³/mol. The van der Waals surface area contributed by atoms with Gasteiger partial charge in [0, 0.05) is 46.6 Å². The number of nitrogens with one attached hydrogen (secondary N) is 3. The Morgan fingerprint density at radius 3 is 1.74 bits per heavy atom. The van der Waals surface area contributed by atoms with E-state index in [9.17, 15) is 39.4 Å². The van der Waals surface area contributed by atoms with E-state index >= 15 is 0 Å². The minimum atomic E-state index is -0.718. The maximum Gasteiger partial charge on any atom is 0.272 e. The zero-order valence-corrected chi connectivity index (χ0v) is 25.7. The van der Waals surface area contributed by atoms with E-state index in [1.54, 1.807) is 24.3 Å². The lowest BCUT2D eigenvalue weighted by Crippen LogP contribution is -2.34. The molecule has 0 atom stereocenters. The molecule has 0 aliphatic carbocycles. The van der Waals surface area contributed by atoms with E-state index in [4.69, 9.17) is 23.2 Å². The number of hydrogen-bond donors (Lipinski definition) is 3. The van der Waals surface area contributed by atoms with Gasteiger partial charge in [-0.3, -0.25) is 44.7 Å². The summed E-state index contributed by atoms with van der Waals surface area (Å²) >= 11 is 12.2. The molecule has 0 spiro atoms. The SMILES string of the molecule is Cl.O=C(CNCC(=O)Nc1ccc([N+](=O)[O-])cc1C(=O)c1ccccc1Cl)Nc1cc(C(=O)c2ccccc2Cl)cc([N+](=O)[O-])c1. The summed E-state index contributed by atoms with van der Waals surface area (Å²) in [7, 11) is 0. The molecule has 0 heterocycles. The highest BCUT2D eigenvalue weighted by molar-refractivity contribution is 6.35. The van der Waals surface area contributed by atoms with Gasteiger partial charge in [0.1, 0.15) is 0 Å². The van der Waals surface area contributed by atoms with E-state index in [0.29, 0.717) is 0 Å². The Labute approximate surface area is 276 Å². The molecule has 0 aliphatic heterocycles. The van der Waals surface area contributed by atoms with Crippen molar-refractivity contribution < 1.29 is 29.0 Å². The second kappa shape index (κ2) is 15.7. The molecule has 13 nitrogen and oxygen atoms in total. The first kappa shape index (κ1) is 35.3. The van der Waals surface area contributed by atoms with Crippen LogP contribution in [-0.2, 0) is 9.59 Å². The van der Waals surface area contributed by atoms with Gasteiger partial charge in [-0.15, -0.1) is 12.4 Å². The van der Waals surface area contributed by atoms with Gasteiger partial charge in [-0.2, -0.15) is 0 Å². The molecule has 0 fully saturated rings. The fourth-order valence-corrected chi connectivity index (χ4v) is 4.59. The Kier molecular flexibility index (Phi) is 12.0. The van der Waals surface area contributed by atoms with E-state index in [1.807, 2.05) is 0 Å². The normalized spacial score (nSPS) is 10.3. The first-order chi connectivity index (χ1) is 21.4. The van der Waals surface area contributed by atoms with Crippen LogP contribution < -0.4 is 16.0 Å². The largest absolute Gasteiger partial charge is 0.325 e. The van der Waals surface area contributed by atoms with Crippen LogP contribution in [0.5, 0.6) is 0 Å². The number of ketones is 2. The van der Waals surface area contributed by atoms with Crippen LogP contribution in [0.25, 0.3) is 0 Å². The number of halogens is 3. The van der Waals surface area contributed by atoms with Gasteiger partial charge in [0.2, 0.25) is 11.8 Å². The van der Waals surface area contributed by atoms with Gasteiger partial charge in [0.05, 0.1) is 44.2 Å². The van der Waals surface area contributed by atoms with Gasteiger partial charge in [0.25, 0.3) is 11.4 Å². The van der Waals surface area contributed by atoms with E-state index in [0.717, 1.165) is 24.3 Å². The Morgan fingerprint density at radius 2 is 1.17 bits per heavy atom. The number of carbonyl (C=O) groups excluding carboxylic acids is 4. The molecule has 4 aromatic carbocycles. The van der Waals surface area contributed by atoms with E-state index in [2.05, 4.69) is 16.0 Å². The van der Waals surface area contributed by atoms with Crippen molar-refractivity contribution in [3.63, 3.8) is 0 Å². The van der Waals surface area contributed by atoms with Crippen molar-refractivity contribution in [1.29, 1.82) is 0 Å². The Morgan fingerprint density at radius 1 is 0.630 bits per heavy atom. The number of anilines is 2. The Balaban J connectivity index is 0.00000576. The van der Waals surface area contributed by atoms with Gasteiger partial charge < -0.3 is 10.6 Å². The van der Waals surface area contributed by atoms with Crippen LogP contribution in [0, 0.1) is 20.2 Å². The number of amides is 2. The standard InChI is InChI=1S/C30H21Cl2N5O8.ClH/c31-24-7-3-1-5-21(24)29(40)17-11-18(13-20(12-17)37(44)45)34-27(38)15-33-16-28(39)35-26-10-9-19(36(42)43)14-23(26)30(41)22-6-2-4-8-25(22)32;/h1-14,33H,15-16H2,(H,34,38)(H,35,39);1H. The number of benzene rings is 4. The zero-order valence-electron chi connectivity index (χ0n) is 23.3. The molecule has 2 amide bonds. The van der Waals surface area contributed by atoms with Crippen molar-refractivity contribution in [2.45, 2.75) is 0 Å². The zero-order chi connectivity index (χ0) is 32.7. The second-order valence-electron chi connectivity index (χ2n) is 9.33. The molecule has 0 aromatic heterocycles. The summed E-state index contributed by atoms with van der Waals surface area (Å²) in [5.74, 6) is -2.62. The van der Waals surface area contributed by atoms with Crippen LogP contribution >= 0.6 is 35.6 Å². The number of nitro benzene ring substituents is 2. The van der Waals surface area contributed by atoms with Crippen molar-refractivity contribution in [2.75, 3.05) is 23.7 Å². The summed E-state index contributed by atoms with van der Waals surface area (Å²) in [6.45, 7) is -0.842. The van der Waals surface area contributed by atoms with E-state index in [-0.39, 0.29) is 61.8 Å². The summed E-state index contributed by atoms with van der Waals surface area (Å²) < 4.78 is 0. The van der Waals surface area contributed by atoms with Crippen LogP contribution in [0.4, 0.5) is 22.7 Å². The van der Waals surface area contributed by atoms with Gasteiger partial charge >= 0.3 is 0 Å². The summed E-state index contributed by atoms with van der Waals surface area (Å²) in [5.41, 5.74) is -0.936. The molecule has 0 unspecified atom stereocenters. The second-order valence-corrected chi connectivity index (χ2v) is 10.1. The summed E-state index contributed by atoms with van der Waals surface area (Å²) in [6, 6.07) is 19.0. The average molecular weight is 687 g/mol. The first-order valence-corrected chi connectivity index (χ1v) is 13.7. The lowest BCUT2D eigenvalue weighted by Gasteiger charge is -2.12. The third-order valence-corrected chi connectivity index (χ3v) is 6.87. The molecule has 0 bridgehead atoms. The van der Waals surface area contributed by atoms with E-state index < -0.39 is 52.0 Å². The lowest BCUT2D eigenvalue weighted by molar-refractivity contribution is -0.385. The van der Waals surface area contributed by atoms with Gasteiger partial charge in [-0.05, 0) is 36.4 Å². The quantitative estimate of drug-likeness (QED) is 0.0931. The topological polar surface area (TPSA) is 191 Å². The third-order valence-electron chi connectivity index (χ3n) is 6.22. The number of rotatable bonds is 12. The smallest absolute Gasteiger partial charge is 0.272 e. The molecular weight excluding hydrogens is 665 g/mol. The van der Waals surface area contributed by atoms with Crippen LogP contribution in [-0.4, -0.2) is 46.3 Å². The van der Waals surface area contributed by atoms with Crippen molar-refractivity contribution in [3.05, 3.63) is 137 Å². The highest BCUT2D eigenvalue weighted by Crippen LogP contribution is 2.28. The van der Waals surface area contributed by atoms with Crippen molar-refractivity contribution in [2.24, 2.45) is 0 Å². The number of hydrogen-bond acceptors (Lipinski definition) is 9. The summed E-state index contributed by atoms with van der Waals surface area (Å²) in [4.78, 5) is 72.7. The molecule has 0 aliphatic rings. The summed E-state index contributed by atoms with van der Waals surface area (Å²) in [6.07, 6.45) is 0. The molecular formula is C30H22Cl3N5O8. The maximum absolute atomic E-state index is 13.2. The van der Waals surface area contributed by atoms with Crippen molar-refractivity contribution in [3.8, 4) is 0 Å². The monoisotopic (exact) mass is 685 g/mol. The van der Waals surface area contributed by atoms with Gasteiger partial charge in [-0.1, -0.05) is 47.5 Å². The lowest BCUT2D eigenvalue weighted by atomic mass is 10.0. The molecule has 4 rings (SSSR count). The fourth-order valence-electron chi connectivity index (χ4n) is 4.14. The first-order valence-electron chi connectivity index (χ1n) is 12.9. The number of nitrogens with zero attached hydrogens (tertiary/aromatic N) is 2. The molecule has 4 aromatic rings. The number of non-ortho nitro benzene ring substituents is 2. The molecule has 0 radical (unpaired) electrons. The highest BCUT2D eigenvalue weighted by atomic mass is 35.5. The molecule has 16 heteroatoms. The molecule has 0 saturated heterocycles. The van der Waals surface area contributed by atoms with Crippen molar-refractivity contribution in [1.82, 2.24) is 5.32 Å². The Hall–Kier alpha value is -5.21. The number of nitro groups is 2. The number of carbonyl (C=O) groups is 4. The van der Waals surface area contributed by atoms with Crippen LogP contribution in [0.15, 0.2) is 84.9 Å². The molecule has 236 valence electrons. The van der Waals surface area contributed by atoms with Crippen LogP contribution in [0.2, 0.25) is 10.0 Å². The van der Waals surface area contributed by atoms with Crippen LogP contribution in [0.1, 0.15) is 31.8 Å². The fraction of sp³-hybridized carbons (Fsp3) is 0.0667. The molecule has 0 saturated carbocycles. The molecule has 46 heavy (non-hydrogen) atoms.